The number of aliphatic hydroxyl groups excluding tert-OH is 1. The van der Waals surface area contributed by atoms with Crippen molar-refractivity contribution in [1.29, 1.82) is 0 Å². The number of aromatic nitrogens is 4. The number of piperidine rings is 2. The third-order valence-corrected chi connectivity index (χ3v) is 6.42. The largest absolute Gasteiger partial charge is 0.393 e. The number of aromatic amines is 1. The number of H-pyrrole nitrogens is 1. The number of rotatable bonds is 4. The predicted octanol–water partition coefficient (Wildman–Crippen LogP) is 1.92. The quantitative estimate of drug-likeness (QED) is 0.686. The Kier molecular flexibility index (Phi) is 5.26. The summed E-state index contributed by atoms with van der Waals surface area (Å²) in [6, 6.07) is 8.06. The highest BCUT2D eigenvalue weighted by Crippen LogP contribution is 2.24. The Balaban J connectivity index is 1.30. The minimum Gasteiger partial charge on any atom is -0.393 e. The number of nitrogens with one attached hydrogen (secondary N) is 1. The van der Waals surface area contributed by atoms with Gasteiger partial charge in [0.25, 0.3) is 5.56 Å². The van der Waals surface area contributed by atoms with Gasteiger partial charge in [0, 0.05) is 37.6 Å². The monoisotopic (exact) mass is 408 g/mol. The molecule has 8 heteroatoms. The minimum absolute atomic E-state index is 0.0406. The van der Waals surface area contributed by atoms with Crippen LogP contribution in [0, 0.1) is 0 Å². The summed E-state index contributed by atoms with van der Waals surface area (Å²) in [5.41, 5.74) is 3.14. The zero-order valence-corrected chi connectivity index (χ0v) is 17.1. The molecule has 2 aromatic heterocycles. The Morgan fingerprint density at radius 2 is 2.00 bits per heavy atom. The summed E-state index contributed by atoms with van der Waals surface area (Å²) in [5, 5.41) is 22.6. The summed E-state index contributed by atoms with van der Waals surface area (Å²) in [6.45, 7) is 4.20. The molecule has 2 N–H and O–H groups in total. The molecule has 4 heterocycles. The topological polar surface area (TPSA) is 90.3 Å². The first kappa shape index (κ1) is 19.3. The molecule has 0 bridgehead atoms. The van der Waals surface area contributed by atoms with E-state index >= 15 is 0 Å². The second kappa shape index (κ2) is 8.20. The summed E-state index contributed by atoms with van der Waals surface area (Å²) in [6.07, 6.45) is 6.93. The Morgan fingerprint density at radius 1 is 1.13 bits per heavy atom. The number of para-hydroxylation sites is 1. The molecular weight excluding hydrogens is 380 g/mol. The van der Waals surface area contributed by atoms with Crippen LogP contribution in [0.4, 0.5) is 5.69 Å². The molecule has 0 unspecified atom stereocenters. The molecule has 3 aromatic rings. The van der Waals surface area contributed by atoms with Crippen molar-refractivity contribution in [1.82, 2.24) is 24.9 Å². The fourth-order valence-electron chi connectivity index (χ4n) is 4.76. The second-order valence-electron chi connectivity index (χ2n) is 8.50. The Hall–Kier alpha value is -2.71. The molecule has 2 fully saturated rings. The fourth-order valence-corrected chi connectivity index (χ4v) is 4.76. The molecule has 158 valence electrons. The van der Waals surface area contributed by atoms with Crippen LogP contribution in [0.25, 0.3) is 10.9 Å². The lowest BCUT2D eigenvalue weighted by atomic mass is 10.0. The van der Waals surface area contributed by atoms with Crippen molar-refractivity contribution in [3.8, 4) is 0 Å². The molecule has 30 heavy (non-hydrogen) atoms. The molecule has 0 aliphatic carbocycles. The van der Waals surface area contributed by atoms with Crippen molar-refractivity contribution in [3.05, 3.63) is 52.6 Å². The third kappa shape index (κ3) is 3.85. The maximum absolute atomic E-state index is 12.8. The van der Waals surface area contributed by atoms with E-state index in [2.05, 4.69) is 43.3 Å². The van der Waals surface area contributed by atoms with Gasteiger partial charge in [-0.2, -0.15) is 10.2 Å². The number of aliphatic hydroxyl groups is 1. The van der Waals surface area contributed by atoms with E-state index in [9.17, 15) is 9.90 Å². The second-order valence-corrected chi connectivity index (χ2v) is 8.50. The average Bonchev–Trinajstić information content (AvgIpc) is 3.24. The van der Waals surface area contributed by atoms with Crippen LogP contribution in [0.1, 0.15) is 37.3 Å². The SMILES string of the molecule is O=c1cc(N2CCC(O)CC2)cnn1[C@H]1CCCN(Cc2cccc3cn[nH]c23)C1. The highest BCUT2D eigenvalue weighted by atomic mass is 16.3. The van der Waals surface area contributed by atoms with Gasteiger partial charge in [0.05, 0.1) is 35.7 Å². The predicted molar refractivity (Wildman–Crippen MR) is 116 cm³/mol. The molecule has 2 aliphatic heterocycles. The summed E-state index contributed by atoms with van der Waals surface area (Å²) in [4.78, 5) is 17.4. The maximum Gasteiger partial charge on any atom is 0.269 e. The smallest absolute Gasteiger partial charge is 0.269 e. The number of anilines is 1. The number of hydrogen-bond acceptors (Lipinski definition) is 6. The van der Waals surface area contributed by atoms with Crippen molar-refractivity contribution >= 4 is 16.6 Å². The van der Waals surface area contributed by atoms with E-state index in [1.165, 1.54) is 5.56 Å². The Bertz CT molecular complexity index is 1070. The highest BCUT2D eigenvalue weighted by Gasteiger charge is 2.24. The van der Waals surface area contributed by atoms with Gasteiger partial charge in [0.15, 0.2) is 0 Å². The first-order chi connectivity index (χ1) is 14.7. The number of benzene rings is 1. The van der Waals surface area contributed by atoms with Crippen LogP contribution in [0.3, 0.4) is 0 Å². The fraction of sp³-hybridized carbons (Fsp3) is 0.500. The van der Waals surface area contributed by atoms with Crippen molar-refractivity contribution < 1.29 is 5.11 Å². The van der Waals surface area contributed by atoms with Gasteiger partial charge >= 0.3 is 0 Å². The van der Waals surface area contributed by atoms with E-state index in [-0.39, 0.29) is 17.7 Å². The van der Waals surface area contributed by atoms with Crippen LogP contribution >= 0.6 is 0 Å². The Labute approximate surface area is 175 Å². The lowest BCUT2D eigenvalue weighted by Crippen LogP contribution is -2.41. The highest BCUT2D eigenvalue weighted by molar-refractivity contribution is 5.81. The lowest BCUT2D eigenvalue weighted by molar-refractivity contribution is 0.145. The molecule has 0 spiro atoms. The zero-order chi connectivity index (χ0) is 20.5. The molecule has 2 saturated heterocycles. The van der Waals surface area contributed by atoms with Crippen LogP contribution in [-0.4, -0.2) is 62.3 Å². The summed E-state index contributed by atoms with van der Waals surface area (Å²) in [7, 11) is 0. The summed E-state index contributed by atoms with van der Waals surface area (Å²) >= 11 is 0. The maximum atomic E-state index is 12.8. The van der Waals surface area contributed by atoms with Gasteiger partial charge in [-0.25, -0.2) is 4.68 Å². The van der Waals surface area contributed by atoms with Gasteiger partial charge < -0.3 is 10.0 Å². The van der Waals surface area contributed by atoms with Crippen LogP contribution in [0.15, 0.2) is 41.5 Å². The number of likely N-dealkylation sites (tertiary alicyclic amines) is 1. The minimum atomic E-state index is -0.226. The molecular formula is C22H28N6O2. The molecule has 0 radical (unpaired) electrons. The third-order valence-electron chi connectivity index (χ3n) is 6.42. The molecule has 2 aliphatic rings. The van der Waals surface area contributed by atoms with Crippen molar-refractivity contribution in [3.63, 3.8) is 0 Å². The molecule has 5 rings (SSSR count). The van der Waals surface area contributed by atoms with Gasteiger partial charge in [-0.05, 0) is 37.8 Å². The van der Waals surface area contributed by atoms with Gasteiger partial charge in [-0.1, -0.05) is 18.2 Å². The molecule has 8 nitrogen and oxygen atoms in total. The molecule has 1 atom stereocenters. The van der Waals surface area contributed by atoms with E-state index in [0.29, 0.717) is 0 Å². The molecule has 0 saturated carbocycles. The van der Waals surface area contributed by atoms with Crippen LogP contribution in [0.2, 0.25) is 0 Å². The van der Waals surface area contributed by atoms with Crippen molar-refractivity contribution in [2.75, 3.05) is 31.1 Å². The molecule has 1 aromatic carbocycles. The molecule has 0 amide bonds. The number of fused-ring (bicyclic) bond motifs is 1. The van der Waals surface area contributed by atoms with Gasteiger partial charge in [-0.15, -0.1) is 0 Å². The number of nitrogens with zero attached hydrogens (tertiary/aromatic N) is 5. The van der Waals surface area contributed by atoms with Crippen molar-refractivity contribution in [2.24, 2.45) is 0 Å². The van der Waals surface area contributed by atoms with Crippen LogP contribution < -0.4 is 10.5 Å². The van der Waals surface area contributed by atoms with Crippen molar-refractivity contribution in [2.45, 2.75) is 44.4 Å². The lowest BCUT2D eigenvalue weighted by Gasteiger charge is -2.34. The summed E-state index contributed by atoms with van der Waals surface area (Å²) in [5.74, 6) is 0. The van der Waals surface area contributed by atoms with E-state index in [1.807, 2.05) is 12.4 Å². The average molecular weight is 409 g/mol. The van der Waals surface area contributed by atoms with Gasteiger partial charge in [-0.3, -0.25) is 14.8 Å². The van der Waals surface area contributed by atoms with Gasteiger partial charge in [0.1, 0.15) is 0 Å². The number of hydrogen-bond donors (Lipinski definition) is 2. The Morgan fingerprint density at radius 3 is 2.83 bits per heavy atom. The standard InChI is InChI=1S/C22H28N6O2/c29-20-6-9-27(10-7-20)19-11-21(30)28(24-13-19)18-5-2-8-26(15-18)14-17-4-1-3-16-12-23-25-22(16)17/h1,3-4,11-13,18,20,29H,2,5-10,14-15H2,(H,23,25)/t18-/m0/s1. The van der Waals surface area contributed by atoms with E-state index in [0.717, 1.165) is 75.0 Å². The van der Waals surface area contributed by atoms with Crippen LogP contribution in [0.5, 0.6) is 0 Å². The normalized spacial score (nSPS) is 21.4. The van der Waals surface area contributed by atoms with Crippen LogP contribution in [-0.2, 0) is 6.54 Å². The van der Waals surface area contributed by atoms with E-state index in [4.69, 9.17) is 0 Å². The van der Waals surface area contributed by atoms with Gasteiger partial charge in [0.2, 0.25) is 0 Å². The first-order valence-corrected chi connectivity index (χ1v) is 10.8. The first-order valence-electron chi connectivity index (χ1n) is 10.8. The van der Waals surface area contributed by atoms with E-state index < -0.39 is 0 Å². The summed E-state index contributed by atoms with van der Waals surface area (Å²) < 4.78 is 1.66. The van der Waals surface area contributed by atoms with E-state index in [1.54, 1.807) is 10.7 Å². The zero-order valence-electron chi connectivity index (χ0n) is 17.1.